The SMILES string of the molecule is Cc1ccc(OP(N)(N)=O)c([N+](=O)[O-])c1. The number of hydrogen-bond donors (Lipinski definition) is 2. The summed E-state index contributed by atoms with van der Waals surface area (Å²) in [5, 5.41) is 10.6. The normalized spacial score (nSPS) is 11.1. The largest absolute Gasteiger partial charge is 0.415 e. The number of rotatable bonds is 3. The maximum atomic E-state index is 11.0. The zero-order valence-electron chi connectivity index (χ0n) is 7.91. The molecule has 0 aliphatic heterocycles. The summed E-state index contributed by atoms with van der Waals surface area (Å²) in [5.41, 5.74) is 10.3. The predicted octanol–water partition coefficient (Wildman–Crippen LogP) is 1.31. The van der Waals surface area contributed by atoms with Gasteiger partial charge in [-0.2, -0.15) is 0 Å². The van der Waals surface area contributed by atoms with Crippen LogP contribution in [0.2, 0.25) is 0 Å². The molecular weight excluding hydrogens is 221 g/mol. The van der Waals surface area contributed by atoms with E-state index in [0.717, 1.165) is 0 Å². The number of hydrogen-bond acceptors (Lipinski definition) is 4. The molecule has 0 spiro atoms. The van der Waals surface area contributed by atoms with Crippen molar-refractivity contribution in [2.24, 2.45) is 11.0 Å². The third kappa shape index (κ3) is 3.32. The van der Waals surface area contributed by atoms with E-state index in [1.54, 1.807) is 13.0 Å². The first-order chi connectivity index (χ1) is 6.79. The molecule has 0 saturated heterocycles. The number of aryl methyl sites for hydroxylation is 1. The van der Waals surface area contributed by atoms with E-state index in [-0.39, 0.29) is 11.4 Å². The first-order valence-electron chi connectivity index (χ1n) is 3.91. The predicted molar refractivity (Wildman–Crippen MR) is 54.4 cm³/mol. The zero-order valence-corrected chi connectivity index (χ0v) is 8.81. The second-order valence-electron chi connectivity index (χ2n) is 2.96. The van der Waals surface area contributed by atoms with Crippen molar-refractivity contribution in [3.05, 3.63) is 33.9 Å². The van der Waals surface area contributed by atoms with Gasteiger partial charge in [-0.15, -0.1) is 0 Å². The highest BCUT2D eigenvalue weighted by atomic mass is 31.2. The van der Waals surface area contributed by atoms with Crippen LogP contribution in [0.3, 0.4) is 0 Å². The molecule has 4 N–H and O–H groups in total. The first-order valence-corrected chi connectivity index (χ1v) is 5.68. The Labute approximate surface area is 85.7 Å². The van der Waals surface area contributed by atoms with Crippen molar-refractivity contribution in [3.8, 4) is 5.75 Å². The summed E-state index contributed by atoms with van der Waals surface area (Å²) >= 11 is 0. The van der Waals surface area contributed by atoms with Gasteiger partial charge in [0, 0.05) is 6.07 Å². The minimum atomic E-state index is -3.77. The van der Waals surface area contributed by atoms with E-state index in [0.29, 0.717) is 5.56 Å². The van der Waals surface area contributed by atoms with Crippen molar-refractivity contribution in [1.29, 1.82) is 0 Å². The fraction of sp³-hybridized carbons (Fsp3) is 0.143. The third-order valence-corrected chi connectivity index (χ3v) is 2.03. The summed E-state index contributed by atoms with van der Waals surface area (Å²) in [5.74, 6) is -0.195. The van der Waals surface area contributed by atoms with Crippen molar-refractivity contribution in [2.75, 3.05) is 0 Å². The highest BCUT2D eigenvalue weighted by Crippen LogP contribution is 2.37. The Kier molecular flexibility index (Phi) is 3.09. The van der Waals surface area contributed by atoms with Gasteiger partial charge in [-0.05, 0) is 18.6 Å². The molecule has 0 radical (unpaired) electrons. The van der Waals surface area contributed by atoms with Crippen LogP contribution in [0.5, 0.6) is 5.75 Å². The molecule has 8 heteroatoms. The molecule has 7 nitrogen and oxygen atoms in total. The van der Waals surface area contributed by atoms with Gasteiger partial charge in [0.15, 0.2) is 0 Å². The Balaban J connectivity index is 3.18. The van der Waals surface area contributed by atoms with Crippen LogP contribution in [0.4, 0.5) is 5.69 Å². The fourth-order valence-electron chi connectivity index (χ4n) is 1.00. The van der Waals surface area contributed by atoms with Gasteiger partial charge < -0.3 is 4.52 Å². The number of nitrogens with zero attached hydrogens (tertiary/aromatic N) is 1. The van der Waals surface area contributed by atoms with Crippen molar-refractivity contribution < 1.29 is 14.0 Å². The van der Waals surface area contributed by atoms with Gasteiger partial charge in [-0.25, -0.2) is 15.6 Å². The molecule has 1 aromatic rings. The summed E-state index contributed by atoms with van der Waals surface area (Å²) in [6.45, 7) is 1.68. The monoisotopic (exact) mass is 231 g/mol. The minimum absolute atomic E-state index is 0.195. The van der Waals surface area contributed by atoms with Crippen LogP contribution in [0.1, 0.15) is 5.56 Å². The van der Waals surface area contributed by atoms with Crippen molar-refractivity contribution in [1.82, 2.24) is 0 Å². The highest BCUT2D eigenvalue weighted by molar-refractivity contribution is 7.54. The lowest BCUT2D eigenvalue weighted by Crippen LogP contribution is -2.11. The second-order valence-corrected chi connectivity index (χ2v) is 4.44. The van der Waals surface area contributed by atoms with Gasteiger partial charge in [0.1, 0.15) is 0 Å². The van der Waals surface area contributed by atoms with E-state index >= 15 is 0 Å². The van der Waals surface area contributed by atoms with E-state index in [1.807, 2.05) is 0 Å². The Hall–Kier alpha value is -1.43. The van der Waals surface area contributed by atoms with E-state index < -0.39 is 12.6 Å². The van der Waals surface area contributed by atoms with E-state index in [2.05, 4.69) is 4.52 Å². The molecule has 0 unspecified atom stereocenters. The van der Waals surface area contributed by atoms with Crippen LogP contribution in [-0.4, -0.2) is 4.92 Å². The molecule has 82 valence electrons. The van der Waals surface area contributed by atoms with Gasteiger partial charge >= 0.3 is 13.4 Å². The van der Waals surface area contributed by atoms with Crippen LogP contribution in [0.25, 0.3) is 0 Å². The fourth-order valence-corrected chi connectivity index (χ4v) is 1.46. The molecule has 0 aliphatic rings. The molecule has 0 heterocycles. The number of benzene rings is 1. The molecule has 1 rings (SSSR count). The molecule has 0 fully saturated rings. The van der Waals surface area contributed by atoms with E-state index in [1.165, 1.54) is 12.1 Å². The van der Waals surface area contributed by atoms with Crippen molar-refractivity contribution >= 4 is 13.4 Å². The molecule has 0 bridgehead atoms. The summed E-state index contributed by atoms with van der Waals surface area (Å²) < 4.78 is 15.6. The Bertz CT molecular complexity index is 442. The lowest BCUT2D eigenvalue weighted by atomic mass is 10.2. The minimum Gasteiger partial charge on any atom is -0.415 e. The molecule has 0 aromatic heterocycles. The lowest BCUT2D eigenvalue weighted by Gasteiger charge is -2.09. The van der Waals surface area contributed by atoms with E-state index in [9.17, 15) is 14.7 Å². The molecule has 15 heavy (non-hydrogen) atoms. The average molecular weight is 231 g/mol. The van der Waals surface area contributed by atoms with Gasteiger partial charge in [-0.1, -0.05) is 6.07 Å². The molecule has 1 aromatic carbocycles. The van der Waals surface area contributed by atoms with Crippen LogP contribution >= 0.6 is 7.67 Å². The Morgan fingerprint density at radius 2 is 2.07 bits per heavy atom. The third-order valence-electron chi connectivity index (χ3n) is 1.55. The Morgan fingerprint density at radius 1 is 1.47 bits per heavy atom. The lowest BCUT2D eigenvalue weighted by molar-refractivity contribution is -0.385. The smallest absolute Gasteiger partial charge is 0.385 e. The second kappa shape index (κ2) is 3.98. The van der Waals surface area contributed by atoms with Gasteiger partial charge in [-0.3, -0.25) is 10.1 Å². The average Bonchev–Trinajstić information content (AvgIpc) is 2.05. The van der Waals surface area contributed by atoms with Crippen molar-refractivity contribution in [3.63, 3.8) is 0 Å². The van der Waals surface area contributed by atoms with Crippen LogP contribution in [0.15, 0.2) is 18.2 Å². The van der Waals surface area contributed by atoms with Gasteiger partial charge in [0.25, 0.3) is 0 Å². The van der Waals surface area contributed by atoms with E-state index in [4.69, 9.17) is 11.0 Å². The standard InChI is InChI=1S/C7H10N3O4P/c1-5-2-3-7(14-15(8,9)13)6(4-5)10(11)12/h2-4H,1H3,(H4,8,9,13). The topological polar surface area (TPSA) is 121 Å². The van der Waals surface area contributed by atoms with Gasteiger partial charge in [0.2, 0.25) is 5.75 Å². The first kappa shape index (κ1) is 11.6. The number of nitrogens with two attached hydrogens (primary N) is 2. The number of nitro groups is 1. The quantitative estimate of drug-likeness (QED) is 0.459. The summed E-state index contributed by atoms with van der Waals surface area (Å²) in [6, 6.07) is 4.16. The molecular formula is C7H10N3O4P. The van der Waals surface area contributed by atoms with Crippen LogP contribution in [-0.2, 0) is 4.57 Å². The molecule has 0 amide bonds. The molecule has 0 saturated carbocycles. The molecule has 0 atom stereocenters. The summed E-state index contributed by atoms with van der Waals surface area (Å²) in [4.78, 5) is 9.96. The molecule has 0 aliphatic carbocycles. The van der Waals surface area contributed by atoms with Crippen LogP contribution in [0, 0.1) is 17.0 Å². The van der Waals surface area contributed by atoms with Crippen LogP contribution < -0.4 is 15.5 Å². The van der Waals surface area contributed by atoms with Gasteiger partial charge in [0.05, 0.1) is 4.92 Å². The summed E-state index contributed by atoms with van der Waals surface area (Å²) in [7, 11) is -3.77. The summed E-state index contributed by atoms with van der Waals surface area (Å²) in [6.07, 6.45) is 0. The Morgan fingerprint density at radius 3 is 2.53 bits per heavy atom. The maximum absolute atomic E-state index is 11.0. The highest BCUT2D eigenvalue weighted by Gasteiger charge is 2.20. The number of nitro benzene ring substituents is 1. The zero-order chi connectivity index (χ0) is 11.6. The van der Waals surface area contributed by atoms with Crippen molar-refractivity contribution in [2.45, 2.75) is 6.92 Å². The maximum Gasteiger partial charge on any atom is 0.385 e.